The number of hydrogen-bond donors (Lipinski definition) is 1. The van der Waals surface area contributed by atoms with Gasteiger partial charge in [0.25, 0.3) is 0 Å². The molecule has 0 saturated carbocycles. The van der Waals surface area contributed by atoms with Crippen LogP contribution in [-0.2, 0) is 5.75 Å². The highest BCUT2D eigenvalue weighted by Crippen LogP contribution is 2.22. The van der Waals surface area contributed by atoms with Crippen molar-refractivity contribution in [3.63, 3.8) is 0 Å². The Bertz CT molecular complexity index is 711. The molecule has 1 aromatic carbocycles. The summed E-state index contributed by atoms with van der Waals surface area (Å²) in [5.41, 5.74) is 2.75. The topological polar surface area (TPSA) is 63.3 Å². The Morgan fingerprint density at radius 3 is 2.79 bits per heavy atom. The zero-order valence-corrected chi connectivity index (χ0v) is 11.1. The van der Waals surface area contributed by atoms with E-state index in [9.17, 15) is 5.11 Å². The number of aromatic hydroxyl groups is 1. The van der Waals surface area contributed by atoms with Gasteiger partial charge in [0.1, 0.15) is 0 Å². The van der Waals surface area contributed by atoms with Crippen LogP contribution in [0.4, 0.5) is 0 Å². The predicted molar refractivity (Wildman–Crippen MR) is 73.2 cm³/mol. The van der Waals surface area contributed by atoms with Gasteiger partial charge in [-0.2, -0.15) is 14.6 Å². The number of rotatable bonds is 3. The summed E-state index contributed by atoms with van der Waals surface area (Å²) < 4.78 is 1.34. The van der Waals surface area contributed by atoms with Crippen LogP contribution in [0.1, 0.15) is 11.1 Å². The van der Waals surface area contributed by atoms with Crippen LogP contribution in [-0.4, -0.2) is 24.7 Å². The average Bonchev–Trinajstić information content (AvgIpc) is 2.80. The molecule has 0 aliphatic heterocycles. The van der Waals surface area contributed by atoms with Crippen molar-refractivity contribution < 1.29 is 5.11 Å². The van der Waals surface area contributed by atoms with Gasteiger partial charge in [0.15, 0.2) is 10.8 Å². The van der Waals surface area contributed by atoms with Crippen LogP contribution in [0.15, 0.2) is 41.7 Å². The average molecular weight is 272 g/mol. The molecule has 96 valence electrons. The molecule has 5 nitrogen and oxygen atoms in total. The monoisotopic (exact) mass is 272 g/mol. The standard InChI is InChI=1S/C13H12N4OS/c1-9-7-14-17-11(9)15-12(16-13(17)18)19-8-10-5-3-2-4-6-10/h2-7H,8H2,1H3,(H,15,16,18). The van der Waals surface area contributed by atoms with Gasteiger partial charge in [0.2, 0.25) is 0 Å². The zero-order valence-electron chi connectivity index (χ0n) is 10.3. The van der Waals surface area contributed by atoms with E-state index < -0.39 is 0 Å². The van der Waals surface area contributed by atoms with Gasteiger partial charge in [-0.25, -0.2) is 4.98 Å². The maximum Gasteiger partial charge on any atom is 0.319 e. The Balaban J connectivity index is 1.87. The molecule has 2 aromatic heterocycles. The molecule has 0 amide bonds. The SMILES string of the molecule is Cc1cnn2c(O)nc(SCc3ccccc3)nc12. The van der Waals surface area contributed by atoms with Gasteiger partial charge in [0.05, 0.1) is 6.20 Å². The molecule has 0 aliphatic carbocycles. The van der Waals surface area contributed by atoms with Crippen molar-refractivity contribution in [1.29, 1.82) is 0 Å². The quantitative estimate of drug-likeness (QED) is 0.742. The highest BCUT2D eigenvalue weighted by molar-refractivity contribution is 7.98. The fraction of sp³-hybridized carbons (Fsp3) is 0.154. The largest absolute Gasteiger partial charge is 0.479 e. The highest BCUT2D eigenvalue weighted by Gasteiger charge is 2.10. The summed E-state index contributed by atoms with van der Waals surface area (Å²) in [5.74, 6) is 0.767. The Morgan fingerprint density at radius 1 is 1.21 bits per heavy atom. The summed E-state index contributed by atoms with van der Waals surface area (Å²) in [6, 6.07) is 9.95. The third kappa shape index (κ3) is 2.39. The van der Waals surface area contributed by atoms with E-state index in [2.05, 4.69) is 27.2 Å². The van der Waals surface area contributed by atoms with E-state index in [0.717, 1.165) is 11.3 Å². The van der Waals surface area contributed by atoms with Gasteiger partial charge < -0.3 is 5.11 Å². The zero-order chi connectivity index (χ0) is 13.2. The van der Waals surface area contributed by atoms with Gasteiger partial charge in [0, 0.05) is 11.3 Å². The molecule has 2 heterocycles. The van der Waals surface area contributed by atoms with Gasteiger partial charge >= 0.3 is 6.01 Å². The molecule has 0 spiro atoms. The Labute approximate surface area is 114 Å². The first kappa shape index (κ1) is 12.0. The van der Waals surface area contributed by atoms with Crippen molar-refractivity contribution in [2.45, 2.75) is 17.8 Å². The van der Waals surface area contributed by atoms with Crippen molar-refractivity contribution in [3.8, 4) is 6.01 Å². The van der Waals surface area contributed by atoms with Crippen LogP contribution in [0, 0.1) is 6.92 Å². The van der Waals surface area contributed by atoms with Gasteiger partial charge in [-0.05, 0) is 12.5 Å². The molecular formula is C13H12N4OS. The summed E-state index contributed by atoms with van der Waals surface area (Å²) in [6.07, 6.45) is 1.66. The number of fused-ring (bicyclic) bond motifs is 1. The molecule has 6 heteroatoms. The minimum Gasteiger partial charge on any atom is -0.479 e. The Kier molecular flexibility index (Phi) is 3.08. The van der Waals surface area contributed by atoms with Crippen LogP contribution in [0.25, 0.3) is 5.65 Å². The lowest BCUT2D eigenvalue weighted by Gasteiger charge is -2.03. The number of aromatic nitrogens is 4. The normalized spacial score (nSPS) is 11.0. The van der Waals surface area contributed by atoms with Crippen molar-refractivity contribution >= 4 is 17.4 Å². The molecular weight excluding hydrogens is 260 g/mol. The lowest BCUT2D eigenvalue weighted by Crippen LogP contribution is -1.97. The molecule has 0 atom stereocenters. The summed E-state index contributed by atoms with van der Waals surface area (Å²) >= 11 is 1.49. The second-order valence-electron chi connectivity index (χ2n) is 4.14. The molecule has 0 aliphatic rings. The highest BCUT2D eigenvalue weighted by atomic mass is 32.2. The first-order chi connectivity index (χ1) is 9.24. The Hall–Kier alpha value is -2.08. The fourth-order valence-electron chi connectivity index (χ4n) is 1.74. The van der Waals surface area contributed by atoms with Crippen LogP contribution < -0.4 is 0 Å². The molecule has 3 aromatic rings. The first-order valence-electron chi connectivity index (χ1n) is 5.82. The van der Waals surface area contributed by atoms with E-state index in [0.29, 0.717) is 10.8 Å². The summed E-state index contributed by atoms with van der Waals surface area (Å²) in [6.45, 7) is 1.90. The second kappa shape index (κ2) is 4.89. The smallest absolute Gasteiger partial charge is 0.319 e. The lowest BCUT2D eigenvalue weighted by atomic mass is 10.2. The molecule has 0 saturated heterocycles. The minimum absolute atomic E-state index is 0.131. The van der Waals surface area contributed by atoms with Crippen molar-refractivity contribution in [2.75, 3.05) is 0 Å². The molecule has 3 rings (SSSR count). The van der Waals surface area contributed by atoms with Gasteiger partial charge in [-0.3, -0.25) is 0 Å². The fourth-order valence-corrected chi connectivity index (χ4v) is 2.53. The van der Waals surface area contributed by atoms with Crippen LogP contribution in [0.2, 0.25) is 0 Å². The minimum atomic E-state index is -0.131. The summed E-state index contributed by atoms with van der Waals surface area (Å²) in [7, 11) is 0. The van der Waals surface area contributed by atoms with E-state index >= 15 is 0 Å². The number of nitrogens with zero attached hydrogens (tertiary/aromatic N) is 4. The number of hydrogen-bond acceptors (Lipinski definition) is 5. The third-order valence-electron chi connectivity index (χ3n) is 2.72. The van der Waals surface area contributed by atoms with E-state index in [-0.39, 0.29) is 6.01 Å². The Morgan fingerprint density at radius 2 is 2.00 bits per heavy atom. The summed E-state index contributed by atoms with van der Waals surface area (Å²) in [5, 5.41) is 14.4. The van der Waals surface area contributed by atoms with Crippen LogP contribution >= 0.6 is 11.8 Å². The van der Waals surface area contributed by atoms with E-state index in [1.54, 1.807) is 6.20 Å². The van der Waals surface area contributed by atoms with Crippen molar-refractivity contribution in [3.05, 3.63) is 47.7 Å². The third-order valence-corrected chi connectivity index (χ3v) is 3.64. The maximum atomic E-state index is 9.80. The number of aryl methyl sites for hydroxylation is 1. The van der Waals surface area contributed by atoms with Crippen molar-refractivity contribution in [2.24, 2.45) is 0 Å². The summed E-state index contributed by atoms with van der Waals surface area (Å²) in [4.78, 5) is 8.44. The lowest BCUT2D eigenvalue weighted by molar-refractivity contribution is 0.404. The van der Waals surface area contributed by atoms with Crippen molar-refractivity contribution in [1.82, 2.24) is 19.6 Å². The number of benzene rings is 1. The maximum absolute atomic E-state index is 9.80. The van der Waals surface area contributed by atoms with E-state index in [4.69, 9.17) is 0 Å². The van der Waals surface area contributed by atoms with Gasteiger partial charge in [-0.15, -0.1) is 0 Å². The van der Waals surface area contributed by atoms with Crippen LogP contribution in [0.5, 0.6) is 6.01 Å². The predicted octanol–water partition coefficient (Wildman–Crippen LogP) is 2.43. The van der Waals surface area contributed by atoms with E-state index in [1.807, 2.05) is 25.1 Å². The van der Waals surface area contributed by atoms with E-state index in [1.165, 1.54) is 21.8 Å². The number of thioether (sulfide) groups is 1. The van der Waals surface area contributed by atoms with Crippen LogP contribution in [0.3, 0.4) is 0 Å². The second-order valence-corrected chi connectivity index (χ2v) is 5.09. The molecule has 0 radical (unpaired) electrons. The molecule has 0 bridgehead atoms. The molecule has 0 unspecified atom stereocenters. The molecule has 0 fully saturated rings. The van der Waals surface area contributed by atoms with Gasteiger partial charge in [-0.1, -0.05) is 42.1 Å². The first-order valence-corrected chi connectivity index (χ1v) is 6.80. The molecule has 19 heavy (non-hydrogen) atoms. The molecule has 1 N–H and O–H groups in total.